The predicted molar refractivity (Wildman–Crippen MR) is 74.2 cm³/mol. The van der Waals surface area contributed by atoms with Crippen molar-refractivity contribution in [3.63, 3.8) is 0 Å². The van der Waals surface area contributed by atoms with Crippen LogP contribution in [0.15, 0.2) is 23.1 Å². The molecule has 2 rings (SSSR count). The first-order chi connectivity index (χ1) is 8.56. The second-order valence-electron chi connectivity index (χ2n) is 4.91. The summed E-state index contributed by atoms with van der Waals surface area (Å²) >= 11 is 1.62. The van der Waals surface area contributed by atoms with Crippen molar-refractivity contribution in [3.05, 3.63) is 29.3 Å². The molecular weight excluding hydrogens is 246 g/mol. The van der Waals surface area contributed by atoms with Crippen molar-refractivity contribution in [1.29, 1.82) is 0 Å². The van der Waals surface area contributed by atoms with Crippen LogP contribution in [-0.4, -0.2) is 28.9 Å². The number of carboxylic acids is 1. The summed E-state index contributed by atoms with van der Waals surface area (Å²) < 4.78 is 0. The largest absolute Gasteiger partial charge is 0.480 e. The van der Waals surface area contributed by atoms with Gasteiger partial charge in [0.15, 0.2) is 0 Å². The second-order valence-corrected chi connectivity index (χ2v) is 5.97. The van der Waals surface area contributed by atoms with Crippen LogP contribution in [0.2, 0.25) is 0 Å². The van der Waals surface area contributed by atoms with Crippen molar-refractivity contribution >= 4 is 17.7 Å². The quantitative estimate of drug-likeness (QED) is 0.776. The molecule has 0 radical (unpaired) electrons. The van der Waals surface area contributed by atoms with Gasteiger partial charge in [-0.3, -0.25) is 4.79 Å². The minimum Gasteiger partial charge on any atom is -0.480 e. The number of carboxylic acid groups (broad SMARTS) is 1. The van der Waals surface area contributed by atoms with E-state index in [2.05, 4.69) is 37.4 Å². The number of thioether (sulfide) groups is 1. The van der Waals surface area contributed by atoms with E-state index in [1.807, 2.05) is 0 Å². The summed E-state index contributed by atoms with van der Waals surface area (Å²) in [6.45, 7) is 4.12. The Morgan fingerprint density at radius 1 is 1.50 bits per heavy atom. The third kappa shape index (κ3) is 3.75. The number of rotatable bonds is 6. The van der Waals surface area contributed by atoms with E-state index in [1.165, 1.54) is 16.0 Å². The van der Waals surface area contributed by atoms with Crippen LogP contribution in [0, 0.1) is 13.8 Å². The molecule has 0 heterocycles. The van der Waals surface area contributed by atoms with Gasteiger partial charge in [0.2, 0.25) is 0 Å². The lowest BCUT2D eigenvalue weighted by Crippen LogP contribution is -2.40. The lowest BCUT2D eigenvalue weighted by Gasteiger charge is -2.14. The third-order valence-electron chi connectivity index (χ3n) is 3.06. The van der Waals surface area contributed by atoms with Crippen LogP contribution in [0.25, 0.3) is 0 Å². The van der Waals surface area contributed by atoms with Crippen LogP contribution >= 0.6 is 11.8 Å². The summed E-state index contributed by atoms with van der Waals surface area (Å²) in [4.78, 5) is 12.3. The van der Waals surface area contributed by atoms with Crippen molar-refractivity contribution in [2.24, 2.45) is 0 Å². The van der Waals surface area contributed by atoms with E-state index >= 15 is 0 Å². The van der Waals surface area contributed by atoms with Crippen molar-refractivity contribution < 1.29 is 9.90 Å². The fourth-order valence-corrected chi connectivity index (χ4v) is 2.91. The zero-order valence-electron chi connectivity index (χ0n) is 10.8. The van der Waals surface area contributed by atoms with Gasteiger partial charge < -0.3 is 10.4 Å². The number of nitrogens with one attached hydrogen (secondary N) is 1. The number of hydrogen-bond donors (Lipinski definition) is 2. The highest BCUT2D eigenvalue weighted by molar-refractivity contribution is 7.99. The highest BCUT2D eigenvalue weighted by Crippen LogP contribution is 2.26. The highest BCUT2D eigenvalue weighted by atomic mass is 32.2. The Balaban J connectivity index is 1.95. The van der Waals surface area contributed by atoms with Gasteiger partial charge in [-0.25, -0.2) is 0 Å². The monoisotopic (exact) mass is 265 g/mol. The molecule has 0 aromatic heterocycles. The van der Waals surface area contributed by atoms with Crippen LogP contribution in [0.1, 0.15) is 24.0 Å². The van der Waals surface area contributed by atoms with Crippen molar-refractivity contribution in [2.45, 2.75) is 43.7 Å². The SMILES string of the molecule is Cc1ccc(C)c(SCC(NC2CC2)C(=O)O)c1. The molecule has 4 heteroatoms. The normalized spacial score (nSPS) is 16.6. The Morgan fingerprint density at radius 2 is 2.22 bits per heavy atom. The van der Waals surface area contributed by atoms with E-state index in [9.17, 15) is 9.90 Å². The molecule has 18 heavy (non-hydrogen) atoms. The van der Waals surface area contributed by atoms with E-state index in [1.54, 1.807) is 11.8 Å². The average Bonchev–Trinajstić information content (AvgIpc) is 3.12. The summed E-state index contributed by atoms with van der Waals surface area (Å²) in [5, 5.41) is 12.4. The topological polar surface area (TPSA) is 49.3 Å². The molecule has 1 aromatic rings. The molecule has 0 saturated heterocycles. The number of aryl methyl sites for hydroxylation is 2. The van der Waals surface area contributed by atoms with E-state index in [-0.39, 0.29) is 0 Å². The van der Waals surface area contributed by atoms with Crippen LogP contribution in [-0.2, 0) is 4.79 Å². The van der Waals surface area contributed by atoms with Gasteiger partial charge in [-0.2, -0.15) is 0 Å². The van der Waals surface area contributed by atoms with Gasteiger partial charge in [0.1, 0.15) is 6.04 Å². The summed E-state index contributed by atoms with van der Waals surface area (Å²) in [6, 6.07) is 6.27. The zero-order chi connectivity index (χ0) is 13.1. The van der Waals surface area contributed by atoms with Crippen molar-refractivity contribution in [3.8, 4) is 0 Å². The minimum absolute atomic E-state index is 0.422. The Labute approximate surface area is 112 Å². The van der Waals surface area contributed by atoms with Gasteiger partial charge in [-0.15, -0.1) is 11.8 Å². The van der Waals surface area contributed by atoms with Crippen molar-refractivity contribution in [2.75, 3.05) is 5.75 Å². The molecule has 0 spiro atoms. The zero-order valence-corrected chi connectivity index (χ0v) is 11.6. The summed E-state index contributed by atoms with van der Waals surface area (Å²) in [5.41, 5.74) is 2.42. The van der Waals surface area contributed by atoms with E-state index in [4.69, 9.17) is 0 Å². The maximum absolute atomic E-state index is 11.2. The Hall–Kier alpha value is -1.00. The lowest BCUT2D eigenvalue weighted by molar-refractivity contribution is -0.138. The van der Waals surface area contributed by atoms with Crippen LogP contribution in [0.4, 0.5) is 0 Å². The van der Waals surface area contributed by atoms with E-state index in [0.717, 1.165) is 12.8 Å². The van der Waals surface area contributed by atoms with E-state index in [0.29, 0.717) is 11.8 Å². The summed E-state index contributed by atoms with van der Waals surface area (Å²) in [5.74, 6) is -0.171. The predicted octanol–water partition coefficient (Wildman–Crippen LogP) is 2.60. The standard InChI is InChI=1S/C14H19NO2S/c1-9-3-4-10(2)13(7-9)18-8-12(14(16)17)15-11-5-6-11/h3-4,7,11-12,15H,5-6,8H2,1-2H3,(H,16,17). The molecule has 1 saturated carbocycles. The number of aliphatic carboxylic acids is 1. The van der Waals surface area contributed by atoms with Gasteiger partial charge in [0, 0.05) is 16.7 Å². The average molecular weight is 265 g/mol. The molecule has 1 unspecified atom stereocenters. The molecule has 0 amide bonds. The highest BCUT2D eigenvalue weighted by Gasteiger charge is 2.28. The van der Waals surface area contributed by atoms with Crippen LogP contribution in [0.5, 0.6) is 0 Å². The molecule has 0 bridgehead atoms. The first-order valence-electron chi connectivity index (χ1n) is 6.25. The second kappa shape index (κ2) is 5.76. The van der Waals surface area contributed by atoms with Gasteiger partial charge in [0.05, 0.1) is 0 Å². The summed E-state index contributed by atoms with van der Waals surface area (Å²) in [7, 11) is 0. The van der Waals surface area contributed by atoms with Crippen LogP contribution < -0.4 is 5.32 Å². The van der Waals surface area contributed by atoms with Crippen molar-refractivity contribution in [1.82, 2.24) is 5.32 Å². The smallest absolute Gasteiger partial charge is 0.321 e. The van der Waals surface area contributed by atoms with E-state index < -0.39 is 12.0 Å². The number of carbonyl (C=O) groups is 1. The third-order valence-corrected chi connectivity index (χ3v) is 4.31. The molecule has 1 aliphatic rings. The Bertz CT molecular complexity index is 443. The van der Waals surface area contributed by atoms with Gasteiger partial charge >= 0.3 is 5.97 Å². The lowest BCUT2D eigenvalue weighted by atomic mass is 10.2. The molecule has 1 fully saturated rings. The maximum Gasteiger partial charge on any atom is 0.321 e. The number of hydrogen-bond acceptors (Lipinski definition) is 3. The molecule has 1 atom stereocenters. The molecular formula is C14H19NO2S. The molecule has 3 nitrogen and oxygen atoms in total. The summed E-state index contributed by atoms with van der Waals surface area (Å²) in [6.07, 6.45) is 2.22. The fraction of sp³-hybridized carbons (Fsp3) is 0.500. The number of benzene rings is 1. The first kappa shape index (κ1) is 13.4. The Morgan fingerprint density at radius 3 is 2.83 bits per heavy atom. The van der Waals surface area contributed by atoms with Gasteiger partial charge in [0.25, 0.3) is 0 Å². The molecule has 98 valence electrons. The van der Waals surface area contributed by atoms with Crippen LogP contribution in [0.3, 0.4) is 0 Å². The van der Waals surface area contributed by atoms with Gasteiger partial charge in [-0.05, 0) is 38.3 Å². The van der Waals surface area contributed by atoms with Gasteiger partial charge in [-0.1, -0.05) is 17.7 Å². The fourth-order valence-electron chi connectivity index (χ4n) is 1.76. The molecule has 0 aliphatic heterocycles. The Kier molecular flexibility index (Phi) is 4.30. The molecule has 1 aromatic carbocycles. The molecule has 1 aliphatic carbocycles. The first-order valence-corrected chi connectivity index (χ1v) is 7.23. The maximum atomic E-state index is 11.2. The minimum atomic E-state index is -0.750. The molecule has 2 N–H and O–H groups in total.